The summed E-state index contributed by atoms with van der Waals surface area (Å²) in [7, 11) is -6.29. The molecule has 1 aromatic heterocycles. The average Bonchev–Trinajstić information content (AvgIpc) is 3.23. The summed E-state index contributed by atoms with van der Waals surface area (Å²) in [6.07, 6.45) is -4.53. The molecule has 0 bridgehead atoms. The van der Waals surface area contributed by atoms with Gasteiger partial charge in [0.1, 0.15) is 13.0 Å². The molecule has 36 heavy (non-hydrogen) atoms. The zero-order chi connectivity index (χ0) is 26.9. The van der Waals surface area contributed by atoms with Crippen LogP contribution < -0.4 is 4.31 Å². The molecule has 1 heterocycles. The third-order valence-electron chi connectivity index (χ3n) is 5.75. The van der Waals surface area contributed by atoms with Gasteiger partial charge < -0.3 is 9.26 Å². The zero-order valence-corrected chi connectivity index (χ0v) is 22.3. The predicted molar refractivity (Wildman–Crippen MR) is 132 cm³/mol. The van der Waals surface area contributed by atoms with Crippen LogP contribution in [0.1, 0.15) is 28.5 Å². The lowest BCUT2D eigenvalue weighted by atomic mass is 9.97. The van der Waals surface area contributed by atoms with Gasteiger partial charge in [-0.1, -0.05) is 55.1 Å². The number of carbonyl (C=O) groups excluding carboxylic acids is 1. The minimum absolute atomic E-state index is 0.127. The standard InChI is InChI=1S/C24H27F3N2O5SSi/c1-16-12-23(34-28-16)29(15-33-17(2)36(3,4)5)35(31,32)22-9-7-6-8-20(22)19-11-10-18(14-30)13-21(19)24(25,26)27/h6-14,17H,15H2,1-5H3. The van der Waals surface area contributed by atoms with Gasteiger partial charge in [0.25, 0.3) is 10.0 Å². The SMILES string of the molecule is Cc1cc(N(COC(C)[Si](C)(C)C)S(=O)(=O)c2ccccc2-c2ccc(C=O)cc2C(F)(F)F)on1. The van der Waals surface area contributed by atoms with E-state index in [9.17, 15) is 26.4 Å². The molecule has 0 saturated carbocycles. The van der Waals surface area contributed by atoms with Gasteiger partial charge in [0.15, 0.2) is 0 Å². The van der Waals surface area contributed by atoms with Gasteiger partial charge in [0.2, 0.25) is 5.88 Å². The van der Waals surface area contributed by atoms with Crippen molar-refractivity contribution < 1.29 is 35.6 Å². The number of aryl methyl sites for hydroxylation is 1. The van der Waals surface area contributed by atoms with E-state index in [4.69, 9.17) is 9.26 Å². The molecule has 12 heteroatoms. The molecule has 0 aliphatic carbocycles. The second kappa shape index (κ2) is 10.2. The smallest absolute Gasteiger partial charge is 0.360 e. The van der Waals surface area contributed by atoms with E-state index in [1.807, 2.05) is 6.92 Å². The monoisotopic (exact) mass is 540 g/mol. The Kier molecular flexibility index (Phi) is 7.82. The van der Waals surface area contributed by atoms with Gasteiger partial charge in [0.05, 0.1) is 24.2 Å². The van der Waals surface area contributed by atoms with E-state index >= 15 is 0 Å². The first-order chi connectivity index (χ1) is 16.7. The van der Waals surface area contributed by atoms with Crippen LogP contribution >= 0.6 is 0 Å². The van der Waals surface area contributed by atoms with Crippen LogP contribution in [0.2, 0.25) is 19.6 Å². The third-order valence-corrected chi connectivity index (χ3v) is 10.1. The van der Waals surface area contributed by atoms with E-state index in [-0.39, 0.29) is 33.2 Å². The molecule has 194 valence electrons. The molecule has 1 unspecified atom stereocenters. The van der Waals surface area contributed by atoms with Crippen molar-refractivity contribution in [2.24, 2.45) is 0 Å². The Hall–Kier alpha value is -2.96. The second-order valence-electron chi connectivity index (χ2n) is 9.38. The van der Waals surface area contributed by atoms with Crippen LogP contribution in [0, 0.1) is 6.92 Å². The number of rotatable bonds is 9. The molecule has 1 atom stereocenters. The molecule has 0 fully saturated rings. The van der Waals surface area contributed by atoms with Crippen molar-refractivity contribution >= 4 is 30.3 Å². The third kappa shape index (κ3) is 5.88. The molecule has 0 spiro atoms. The fraction of sp³-hybridized carbons (Fsp3) is 0.333. The number of carbonyl (C=O) groups is 1. The van der Waals surface area contributed by atoms with E-state index in [0.29, 0.717) is 18.0 Å². The van der Waals surface area contributed by atoms with Crippen molar-refractivity contribution in [3.8, 4) is 11.1 Å². The number of hydrogen-bond donors (Lipinski definition) is 0. The number of alkyl halides is 3. The summed E-state index contributed by atoms with van der Waals surface area (Å²) in [6.45, 7) is 9.22. The van der Waals surface area contributed by atoms with Crippen LogP contribution in [0.25, 0.3) is 11.1 Å². The Morgan fingerprint density at radius 2 is 1.78 bits per heavy atom. The number of benzene rings is 2. The van der Waals surface area contributed by atoms with Gasteiger partial charge in [-0.05, 0) is 31.5 Å². The van der Waals surface area contributed by atoms with Crippen LogP contribution in [-0.2, 0) is 20.9 Å². The molecule has 3 aromatic rings. The molecular weight excluding hydrogens is 513 g/mol. The van der Waals surface area contributed by atoms with Crippen LogP contribution in [0.4, 0.5) is 19.1 Å². The lowest BCUT2D eigenvalue weighted by Crippen LogP contribution is -2.42. The summed E-state index contributed by atoms with van der Waals surface area (Å²) in [6, 6.07) is 9.76. The first-order valence-corrected chi connectivity index (χ1v) is 16.0. The number of ether oxygens (including phenoxy) is 1. The number of hydrogen-bond acceptors (Lipinski definition) is 6. The predicted octanol–water partition coefficient (Wildman–Crippen LogP) is 5.92. The van der Waals surface area contributed by atoms with Gasteiger partial charge >= 0.3 is 6.18 Å². The summed E-state index contributed by atoms with van der Waals surface area (Å²) in [5.41, 5.74) is -1.68. The van der Waals surface area contributed by atoms with E-state index in [1.54, 1.807) is 6.92 Å². The van der Waals surface area contributed by atoms with Crippen LogP contribution in [0.3, 0.4) is 0 Å². The summed E-state index contributed by atoms with van der Waals surface area (Å²) >= 11 is 0. The Balaban J connectivity index is 2.18. The van der Waals surface area contributed by atoms with Gasteiger partial charge in [0, 0.05) is 22.9 Å². The molecule has 0 aliphatic rings. The quantitative estimate of drug-likeness (QED) is 0.190. The molecule has 0 amide bonds. The molecule has 0 N–H and O–H groups in total. The Morgan fingerprint density at radius 3 is 2.33 bits per heavy atom. The van der Waals surface area contributed by atoms with Gasteiger partial charge in [-0.3, -0.25) is 4.79 Å². The topological polar surface area (TPSA) is 89.7 Å². The highest BCUT2D eigenvalue weighted by molar-refractivity contribution is 7.93. The molecular formula is C24H27F3N2O5SSi. The van der Waals surface area contributed by atoms with Gasteiger partial charge in [-0.2, -0.15) is 13.2 Å². The Bertz CT molecular complexity index is 1350. The number of sulfonamides is 1. The average molecular weight is 541 g/mol. The number of anilines is 1. The molecule has 0 saturated heterocycles. The fourth-order valence-corrected chi connectivity index (χ4v) is 5.33. The maximum atomic E-state index is 13.9. The molecule has 7 nitrogen and oxygen atoms in total. The Labute approximate surface area is 208 Å². The van der Waals surface area contributed by atoms with Crippen molar-refractivity contribution in [2.75, 3.05) is 11.0 Å². The summed E-state index contributed by atoms with van der Waals surface area (Å²) < 4.78 is 81.5. The van der Waals surface area contributed by atoms with Crippen LogP contribution in [0.15, 0.2) is 57.9 Å². The fourth-order valence-electron chi connectivity index (χ4n) is 3.29. The van der Waals surface area contributed by atoms with Gasteiger partial charge in [-0.15, -0.1) is 0 Å². The Morgan fingerprint density at radius 1 is 1.11 bits per heavy atom. The minimum Gasteiger partial charge on any atom is -0.360 e. The number of halogens is 3. The zero-order valence-electron chi connectivity index (χ0n) is 20.5. The van der Waals surface area contributed by atoms with Crippen molar-refractivity contribution in [3.05, 3.63) is 65.4 Å². The van der Waals surface area contributed by atoms with Crippen molar-refractivity contribution in [3.63, 3.8) is 0 Å². The van der Waals surface area contributed by atoms with E-state index in [0.717, 1.165) is 10.4 Å². The number of aldehydes is 1. The van der Waals surface area contributed by atoms with Crippen LogP contribution in [-0.4, -0.2) is 40.4 Å². The van der Waals surface area contributed by atoms with E-state index < -0.39 is 36.6 Å². The molecule has 3 rings (SSSR count). The number of nitrogens with zero attached hydrogens (tertiary/aromatic N) is 2. The summed E-state index contributed by atoms with van der Waals surface area (Å²) in [5, 5.41) is 3.76. The largest absolute Gasteiger partial charge is 0.417 e. The molecule has 0 radical (unpaired) electrons. The maximum absolute atomic E-state index is 13.9. The molecule has 0 aliphatic heterocycles. The first kappa shape index (κ1) is 27.6. The highest BCUT2D eigenvalue weighted by Gasteiger charge is 2.37. The van der Waals surface area contributed by atoms with E-state index in [2.05, 4.69) is 24.8 Å². The highest BCUT2D eigenvalue weighted by atomic mass is 32.2. The second-order valence-corrected chi connectivity index (χ2v) is 16.8. The lowest BCUT2D eigenvalue weighted by Gasteiger charge is -2.29. The minimum atomic E-state index is -4.83. The van der Waals surface area contributed by atoms with Crippen molar-refractivity contribution in [2.45, 2.75) is 50.3 Å². The maximum Gasteiger partial charge on any atom is 0.417 e. The van der Waals surface area contributed by atoms with Crippen molar-refractivity contribution in [1.82, 2.24) is 5.16 Å². The van der Waals surface area contributed by atoms with Gasteiger partial charge in [-0.25, -0.2) is 12.7 Å². The van der Waals surface area contributed by atoms with Crippen LogP contribution in [0.5, 0.6) is 0 Å². The normalized spacial score (nSPS) is 13.4. The number of aromatic nitrogens is 1. The highest BCUT2D eigenvalue weighted by Crippen LogP contribution is 2.40. The van der Waals surface area contributed by atoms with Crippen molar-refractivity contribution in [1.29, 1.82) is 0 Å². The lowest BCUT2D eigenvalue weighted by molar-refractivity contribution is -0.137. The molecule has 2 aromatic carbocycles. The summed E-state index contributed by atoms with van der Waals surface area (Å²) in [5.74, 6) is -0.127. The summed E-state index contributed by atoms with van der Waals surface area (Å²) in [4.78, 5) is 10.7. The van der Waals surface area contributed by atoms with E-state index in [1.165, 1.54) is 36.4 Å². The first-order valence-electron chi connectivity index (χ1n) is 11.0.